The maximum Gasteiger partial charge on any atom is 0.248 e. The quantitative estimate of drug-likeness (QED) is 0.760. The molecule has 3 atom stereocenters. The third-order valence-corrected chi connectivity index (χ3v) is 3.40. The number of carbonyl (C=O) groups excluding carboxylic acids is 1. The first-order valence-electron chi connectivity index (χ1n) is 7.15. The minimum Gasteiger partial charge on any atom is -0.364 e. The average molecular weight is 256 g/mol. The van der Waals surface area contributed by atoms with Gasteiger partial charge in [0.2, 0.25) is 5.91 Å². The molecule has 0 bridgehead atoms. The fourth-order valence-corrected chi connectivity index (χ4v) is 2.07. The van der Waals surface area contributed by atoms with Crippen molar-refractivity contribution >= 4 is 5.91 Å². The van der Waals surface area contributed by atoms with E-state index < -0.39 is 0 Å². The van der Waals surface area contributed by atoms with Crippen molar-refractivity contribution in [3.05, 3.63) is 0 Å². The molecule has 2 N–H and O–H groups in total. The monoisotopic (exact) mass is 256 g/mol. The molecule has 4 heteroatoms. The van der Waals surface area contributed by atoms with E-state index in [4.69, 9.17) is 4.74 Å². The smallest absolute Gasteiger partial charge is 0.248 e. The molecule has 0 aromatic rings. The Bertz CT molecular complexity index is 248. The molecule has 0 saturated carbocycles. The first-order valence-corrected chi connectivity index (χ1v) is 7.15. The highest BCUT2D eigenvalue weighted by atomic mass is 16.5. The van der Waals surface area contributed by atoms with Gasteiger partial charge >= 0.3 is 0 Å². The molecule has 0 radical (unpaired) electrons. The summed E-state index contributed by atoms with van der Waals surface area (Å²) in [5, 5.41) is 6.31. The van der Waals surface area contributed by atoms with E-state index in [-0.39, 0.29) is 18.1 Å². The van der Waals surface area contributed by atoms with Crippen LogP contribution >= 0.6 is 0 Å². The minimum atomic E-state index is -0.350. The summed E-state index contributed by atoms with van der Waals surface area (Å²) in [6.45, 7) is 9.91. The molecular weight excluding hydrogens is 228 g/mol. The minimum absolute atomic E-state index is 0.00859. The summed E-state index contributed by atoms with van der Waals surface area (Å²) in [5.74, 6) is 0.625. The SMILES string of the molecule is CC(C)CCNC(=O)C(C)OC1CCC(C)NC1. The maximum atomic E-state index is 11.8. The van der Waals surface area contributed by atoms with Gasteiger partial charge in [-0.2, -0.15) is 0 Å². The van der Waals surface area contributed by atoms with Gasteiger partial charge in [0.15, 0.2) is 0 Å². The molecule has 18 heavy (non-hydrogen) atoms. The fourth-order valence-electron chi connectivity index (χ4n) is 2.07. The number of carbonyl (C=O) groups is 1. The Hall–Kier alpha value is -0.610. The van der Waals surface area contributed by atoms with Crippen LogP contribution in [0.3, 0.4) is 0 Å². The van der Waals surface area contributed by atoms with Gasteiger partial charge in [0.25, 0.3) is 0 Å². The van der Waals surface area contributed by atoms with Crippen molar-refractivity contribution in [1.82, 2.24) is 10.6 Å². The summed E-state index contributed by atoms with van der Waals surface area (Å²) in [7, 11) is 0. The highest BCUT2D eigenvalue weighted by molar-refractivity contribution is 5.80. The van der Waals surface area contributed by atoms with Crippen molar-refractivity contribution in [2.75, 3.05) is 13.1 Å². The summed E-state index contributed by atoms with van der Waals surface area (Å²) in [6.07, 6.45) is 3.00. The van der Waals surface area contributed by atoms with Crippen molar-refractivity contribution in [3.63, 3.8) is 0 Å². The van der Waals surface area contributed by atoms with Gasteiger partial charge in [-0.25, -0.2) is 0 Å². The molecule has 0 aromatic heterocycles. The van der Waals surface area contributed by atoms with E-state index in [9.17, 15) is 4.79 Å². The lowest BCUT2D eigenvalue weighted by atomic mass is 10.0. The van der Waals surface area contributed by atoms with Crippen LogP contribution < -0.4 is 10.6 Å². The standard InChI is InChI=1S/C14H28N2O2/c1-10(2)7-8-15-14(17)12(4)18-13-6-5-11(3)16-9-13/h10-13,16H,5-9H2,1-4H3,(H,15,17). The van der Waals surface area contributed by atoms with E-state index in [2.05, 4.69) is 31.4 Å². The van der Waals surface area contributed by atoms with Gasteiger partial charge in [-0.15, -0.1) is 0 Å². The van der Waals surface area contributed by atoms with Gasteiger partial charge in [-0.1, -0.05) is 13.8 Å². The Morgan fingerprint density at radius 3 is 2.67 bits per heavy atom. The van der Waals surface area contributed by atoms with Crippen LogP contribution in [-0.2, 0) is 9.53 Å². The van der Waals surface area contributed by atoms with E-state index in [1.54, 1.807) is 0 Å². The van der Waals surface area contributed by atoms with Crippen molar-refractivity contribution in [2.45, 2.75) is 65.2 Å². The Balaban J connectivity index is 2.18. The second kappa shape index (κ2) is 7.74. The van der Waals surface area contributed by atoms with Crippen LogP contribution in [0.1, 0.15) is 47.0 Å². The van der Waals surface area contributed by atoms with Crippen LogP contribution in [0.15, 0.2) is 0 Å². The second-order valence-electron chi connectivity index (χ2n) is 5.76. The van der Waals surface area contributed by atoms with Crippen molar-refractivity contribution in [3.8, 4) is 0 Å². The van der Waals surface area contributed by atoms with Gasteiger partial charge in [0, 0.05) is 19.1 Å². The van der Waals surface area contributed by atoms with Gasteiger partial charge in [0.1, 0.15) is 6.10 Å². The zero-order valence-corrected chi connectivity index (χ0v) is 12.2. The second-order valence-corrected chi connectivity index (χ2v) is 5.76. The molecule has 1 aliphatic heterocycles. The molecule has 1 heterocycles. The van der Waals surface area contributed by atoms with Crippen LogP contribution in [0.5, 0.6) is 0 Å². The summed E-state index contributed by atoms with van der Waals surface area (Å²) in [5.41, 5.74) is 0. The van der Waals surface area contributed by atoms with Crippen LogP contribution in [-0.4, -0.2) is 37.2 Å². The number of nitrogens with one attached hydrogen (secondary N) is 2. The van der Waals surface area contributed by atoms with E-state index in [0.29, 0.717) is 12.0 Å². The number of rotatable bonds is 6. The van der Waals surface area contributed by atoms with E-state index in [1.807, 2.05) is 6.92 Å². The maximum absolute atomic E-state index is 11.8. The van der Waals surface area contributed by atoms with Gasteiger partial charge in [0.05, 0.1) is 6.10 Å². The summed E-state index contributed by atoms with van der Waals surface area (Å²) >= 11 is 0. The number of hydrogen-bond donors (Lipinski definition) is 2. The number of hydrogen-bond acceptors (Lipinski definition) is 3. The molecule has 106 valence electrons. The Kier molecular flexibility index (Phi) is 6.65. The zero-order valence-electron chi connectivity index (χ0n) is 12.2. The molecule has 1 rings (SSSR count). The lowest BCUT2D eigenvalue weighted by molar-refractivity contribution is -0.136. The van der Waals surface area contributed by atoms with E-state index in [0.717, 1.165) is 32.4 Å². The molecule has 1 fully saturated rings. The van der Waals surface area contributed by atoms with E-state index in [1.165, 1.54) is 0 Å². The number of amides is 1. The topological polar surface area (TPSA) is 50.4 Å². The first-order chi connectivity index (χ1) is 8.49. The molecule has 0 aliphatic carbocycles. The summed E-state index contributed by atoms with van der Waals surface area (Å²) < 4.78 is 5.78. The molecule has 1 saturated heterocycles. The van der Waals surface area contributed by atoms with Crippen LogP contribution in [0, 0.1) is 5.92 Å². The highest BCUT2D eigenvalue weighted by Gasteiger charge is 2.22. The first kappa shape index (κ1) is 15.4. The zero-order chi connectivity index (χ0) is 13.5. The Morgan fingerprint density at radius 1 is 1.39 bits per heavy atom. The predicted molar refractivity (Wildman–Crippen MR) is 73.5 cm³/mol. The lowest BCUT2D eigenvalue weighted by Crippen LogP contribution is -2.45. The molecule has 0 spiro atoms. The molecular formula is C14H28N2O2. The van der Waals surface area contributed by atoms with Gasteiger partial charge in [-0.05, 0) is 39.0 Å². The molecule has 1 amide bonds. The Morgan fingerprint density at radius 2 is 2.11 bits per heavy atom. The lowest BCUT2D eigenvalue weighted by Gasteiger charge is -2.29. The van der Waals surface area contributed by atoms with Crippen LogP contribution in [0.4, 0.5) is 0 Å². The van der Waals surface area contributed by atoms with Crippen LogP contribution in [0.25, 0.3) is 0 Å². The summed E-state index contributed by atoms with van der Waals surface area (Å²) in [4.78, 5) is 11.8. The predicted octanol–water partition coefficient (Wildman–Crippen LogP) is 1.69. The Labute approximate surface area is 111 Å². The van der Waals surface area contributed by atoms with Crippen molar-refractivity contribution in [1.29, 1.82) is 0 Å². The fraction of sp³-hybridized carbons (Fsp3) is 0.929. The largest absolute Gasteiger partial charge is 0.364 e. The molecule has 4 nitrogen and oxygen atoms in total. The molecule has 0 aromatic carbocycles. The average Bonchev–Trinajstić information content (AvgIpc) is 2.31. The molecule has 3 unspecified atom stereocenters. The van der Waals surface area contributed by atoms with Crippen LogP contribution in [0.2, 0.25) is 0 Å². The normalized spacial score (nSPS) is 26.1. The third kappa shape index (κ3) is 5.83. The van der Waals surface area contributed by atoms with Crippen molar-refractivity contribution < 1.29 is 9.53 Å². The molecule has 1 aliphatic rings. The van der Waals surface area contributed by atoms with E-state index >= 15 is 0 Å². The third-order valence-electron chi connectivity index (χ3n) is 3.40. The van der Waals surface area contributed by atoms with Crippen molar-refractivity contribution in [2.24, 2.45) is 5.92 Å². The summed E-state index contributed by atoms with van der Waals surface area (Å²) in [6, 6.07) is 0.569. The van der Waals surface area contributed by atoms with Gasteiger partial charge < -0.3 is 15.4 Å². The highest BCUT2D eigenvalue weighted by Crippen LogP contribution is 2.12. The van der Waals surface area contributed by atoms with Gasteiger partial charge in [-0.3, -0.25) is 4.79 Å². The number of piperidine rings is 1. The number of ether oxygens (including phenoxy) is 1.